The van der Waals surface area contributed by atoms with Gasteiger partial charge in [0.2, 0.25) is 0 Å². The molecule has 0 saturated heterocycles. The van der Waals surface area contributed by atoms with Gasteiger partial charge in [-0.2, -0.15) is 0 Å². The molecule has 0 N–H and O–H groups in total. The van der Waals surface area contributed by atoms with Crippen LogP contribution in [-0.4, -0.2) is 0 Å². The molecule has 0 saturated carbocycles. The number of nitrogens with zero attached hydrogens (tertiary/aromatic N) is 3. The van der Waals surface area contributed by atoms with Crippen LogP contribution < -0.4 is 14.7 Å². The van der Waals surface area contributed by atoms with E-state index in [0.29, 0.717) is 0 Å². The summed E-state index contributed by atoms with van der Waals surface area (Å²) in [7, 11) is 0. The summed E-state index contributed by atoms with van der Waals surface area (Å²) in [5, 5.41) is 11.0. The van der Waals surface area contributed by atoms with Gasteiger partial charge in [-0.15, -0.1) is 34.0 Å². The summed E-state index contributed by atoms with van der Waals surface area (Å²) in [6.07, 6.45) is 5.71. The number of benzene rings is 11. The van der Waals surface area contributed by atoms with Crippen LogP contribution in [0.25, 0.3) is 90.6 Å². The number of hydrogen-bond acceptors (Lipinski definition) is 6. The molecular weight excluding hydrogens is 1000 g/mol. The van der Waals surface area contributed by atoms with E-state index in [-0.39, 0.29) is 0 Å². The van der Waals surface area contributed by atoms with Crippen molar-refractivity contribution < 1.29 is 0 Å². The Bertz CT molecular complexity index is 4620. The van der Waals surface area contributed by atoms with Crippen molar-refractivity contribution in [1.29, 1.82) is 0 Å². The van der Waals surface area contributed by atoms with E-state index < -0.39 is 0 Å². The smallest absolute Gasteiger partial charge is 0.101 e. The van der Waals surface area contributed by atoms with Crippen molar-refractivity contribution in [1.82, 2.24) is 0 Å². The molecule has 14 rings (SSSR count). The summed E-state index contributed by atoms with van der Waals surface area (Å²) < 4.78 is 4.96. The Morgan fingerprint density at radius 2 is 0.795 bits per heavy atom. The lowest BCUT2D eigenvalue weighted by atomic mass is 10.0. The van der Waals surface area contributed by atoms with Crippen molar-refractivity contribution in [2.45, 2.75) is 0 Å². The predicted molar refractivity (Wildman–Crippen MR) is 345 cm³/mol. The molecule has 0 fully saturated rings. The van der Waals surface area contributed by atoms with Crippen LogP contribution in [0.5, 0.6) is 0 Å². The van der Waals surface area contributed by atoms with Gasteiger partial charge in [-0.25, -0.2) is 0 Å². The molecule has 11 aromatic carbocycles. The number of thiophene rings is 3. The molecule has 6 heteroatoms. The predicted octanol–water partition coefficient (Wildman–Crippen LogP) is 22.8. The number of hydrogen-bond donors (Lipinski definition) is 0. The fourth-order valence-electron chi connectivity index (χ4n) is 11.0. The summed E-state index contributed by atoms with van der Waals surface area (Å²) in [5.74, 6) is 0. The fourth-order valence-corrected chi connectivity index (χ4v) is 14.3. The van der Waals surface area contributed by atoms with Crippen molar-refractivity contribution in [3.63, 3.8) is 0 Å². The molecule has 14 aromatic rings. The van der Waals surface area contributed by atoms with Crippen LogP contribution >= 0.6 is 34.0 Å². The lowest BCUT2D eigenvalue weighted by Crippen LogP contribution is -2.10. The van der Waals surface area contributed by atoms with E-state index in [1.807, 2.05) is 52.2 Å². The fraction of sp³-hybridized carbons (Fsp3) is 0. The maximum absolute atomic E-state index is 4.08. The van der Waals surface area contributed by atoms with Crippen molar-refractivity contribution in [2.24, 2.45) is 0 Å². The second-order valence-electron chi connectivity index (χ2n) is 19.5. The lowest BCUT2D eigenvalue weighted by Gasteiger charge is -2.26. The van der Waals surface area contributed by atoms with Gasteiger partial charge in [-0.1, -0.05) is 165 Å². The highest BCUT2D eigenvalue weighted by atomic mass is 32.1. The Morgan fingerprint density at radius 3 is 1.45 bits per heavy atom. The van der Waals surface area contributed by atoms with Gasteiger partial charge >= 0.3 is 0 Å². The van der Waals surface area contributed by atoms with Crippen LogP contribution in [0, 0.1) is 0 Å². The van der Waals surface area contributed by atoms with E-state index in [0.717, 1.165) is 67.2 Å². The monoisotopic (exact) mass is 1050 g/mol. The Balaban J connectivity index is 0.896. The highest BCUT2D eigenvalue weighted by Gasteiger charge is 2.23. The zero-order valence-corrected chi connectivity index (χ0v) is 45.0. The first kappa shape index (κ1) is 47.2. The average Bonchev–Trinajstić information content (AvgIpc) is 4.39. The maximum atomic E-state index is 4.08. The van der Waals surface area contributed by atoms with Crippen LogP contribution in [0.1, 0.15) is 16.7 Å². The average molecular weight is 1050 g/mol. The highest BCUT2D eigenvalue weighted by Crippen LogP contribution is 2.51. The first-order valence-electron chi connectivity index (χ1n) is 26.0. The third kappa shape index (κ3) is 8.35. The van der Waals surface area contributed by atoms with Crippen LogP contribution in [0.15, 0.2) is 262 Å². The van der Waals surface area contributed by atoms with Crippen molar-refractivity contribution >= 4 is 165 Å². The third-order valence-corrected chi connectivity index (χ3v) is 18.3. The van der Waals surface area contributed by atoms with E-state index in [1.165, 1.54) is 72.3 Å². The van der Waals surface area contributed by atoms with Crippen molar-refractivity contribution in [3.05, 3.63) is 279 Å². The zero-order valence-electron chi connectivity index (χ0n) is 42.5. The number of fused-ring (bicyclic) bond motifs is 9. The number of anilines is 9. The maximum Gasteiger partial charge on any atom is 0.101 e. The highest BCUT2D eigenvalue weighted by molar-refractivity contribution is 7.26. The molecule has 0 amide bonds. The van der Waals surface area contributed by atoms with Gasteiger partial charge in [0.25, 0.3) is 0 Å². The molecule has 0 aliphatic heterocycles. The quantitative estimate of drug-likeness (QED) is 0.114. The molecule has 370 valence electrons. The first-order chi connectivity index (χ1) is 38.5. The minimum Gasteiger partial charge on any atom is -0.310 e. The standard InChI is InChI=1S/C72H49N3S3/c1-4-47-20-27-53(28-21-47)73(56-33-26-50-14-10-11-17-52(50)42-56)57-35-38-67-63(43-57)61-37-34-59(45-69(61)76-67)74(54-29-22-48(5-2)23-30-54)58-36-39-68-64(44-58)72-62-19-13-12-18-60(62)65(46-70(72)77-68)75(55-31-24-49(6-3)25-32-55)71-41-40-66(78-71)51-15-8-7-9-16-51/h4-46H,1-3H2. The molecule has 3 aromatic heterocycles. The summed E-state index contributed by atoms with van der Waals surface area (Å²) in [4.78, 5) is 8.44. The van der Waals surface area contributed by atoms with Gasteiger partial charge in [0.1, 0.15) is 5.00 Å². The van der Waals surface area contributed by atoms with Gasteiger partial charge in [0.15, 0.2) is 0 Å². The van der Waals surface area contributed by atoms with E-state index in [1.54, 1.807) is 0 Å². The van der Waals surface area contributed by atoms with Gasteiger partial charge in [0, 0.05) is 90.4 Å². The minimum absolute atomic E-state index is 1.08. The van der Waals surface area contributed by atoms with Gasteiger partial charge in [-0.3, -0.25) is 0 Å². The Labute approximate surface area is 465 Å². The molecule has 0 atom stereocenters. The van der Waals surface area contributed by atoms with Crippen molar-refractivity contribution in [3.8, 4) is 10.4 Å². The van der Waals surface area contributed by atoms with Gasteiger partial charge < -0.3 is 14.7 Å². The van der Waals surface area contributed by atoms with E-state index in [4.69, 9.17) is 0 Å². The topological polar surface area (TPSA) is 9.72 Å². The van der Waals surface area contributed by atoms with Crippen LogP contribution in [-0.2, 0) is 0 Å². The molecule has 78 heavy (non-hydrogen) atoms. The summed E-state index contributed by atoms with van der Waals surface area (Å²) in [5.41, 5.74) is 13.3. The van der Waals surface area contributed by atoms with Crippen LogP contribution in [0.3, 0.4) is 0 Å². The Hall–Kier alpha value is -9.30. The Morgan fingerprint density at radius 1 is 0.295 bits per heavy atom. The molecule has 3 nitrogen and oxygen atoms in total. The van der Waals surface area contributed by atoms with E-state index in [2.05, 4.69) is 277 Å². The Kier molecular flexibility index (Phi) is 11.9. The van der Waals surface area contributed by atoms with Gasteiger partial charge in [-0.05, 0) is 154 Å². The lowest BCUT2D eigenvalue weighted by molar-refractivity contribution is 1.29. The molecule has 0 unspecified atom stereocenters. The second-order valence-corrected chi connectivity index (χ2v) is 22.7. The molecular formula is C72H49N3S3. The van der Waals surface area contributed by atoms with Crippen molar-refractivity contribution in [2.75, 3.05) is 14.7 Å². The largest absolute Gasteiger partial charge is 0.310 e. The summed E-state index contributed by atoms with van der Waals surface area (Å²) >= 11 is 5.51. The normalized spacial score (nSPS) is 11.5. The zero-order chi connectivity index (χ0) is 52.3. The molecule has 0 spiro atoms. The third-order valence-electron chi connectivity index (χ3n) is 14.9. The first-order valence-corrected chi connectivity index (χ1v) is 28.5. The van der Waals surface area contributed by atoms with Crippen LogP contribution in [0.2, 0.25) is 0 Å². The molecule has 3 heterocycles. The number of rotatable bonds is 13. The summed E-state index contributed by atoms with van der Waals surface area (Å²) in [6, 6.07) is 88.9. The van der Waals surface area contributed by atoms with Crippen LogP contribution in [0.4, 0.5) is 50.5 Å². The molecule has 0 bridgehead atoms. The minimum atomic E-state index is 1.08. The molecule has 0 aliphatic rings. The van der Waals surface area contributed by atoms with E-state index in [9.17, 15) is 0 Å². The molecule has 0 aliphatic carbocycles. The second kappa shape index (κ2) is 19.7. The van der Waals surface area contributed by atoms with E-state index >= 15 is 0 Å². The van der Waals surface area contributed by atoms with Gasteiger partial charge in [0.05, 0.1) is 5.69 Å². The summed E-state index contributed by atoms with van der Waals surface area (Å²) in [6.45, 7) is 12.1. The SMILES string of the molecule is C=Cc1ccc(N(c2ccc3ccccc3c2)c2ccc3sc4cc(N(c5ccc(C=C)cc5)c5ccc6sc7cc(N(c8ccc(C=C)cc8)c8ccc(-c9ccccc9)s8)c8ccccc8c7c6c5)ccc4c3c2)cc1. The molecule has 0 radical (unpaired) electrons.